The van der Waals surface area contributed by atoms with E-state index in [2.05, 4.69) is 9.97 Å². The monoisotopic (exact) mass is 186 g/mol. The smallest absolute Gasteiger partial charge is 0.224 e. The van der Waals surface area contributed by atoms with Crippen LogP contribution in [0.15, 0.2) is 17.3 Å². The van der Waals surface area contributed by atoms with Crippen LogP contribution in [0, 0.1) is 0 Å². The van der Waals surface area contributed by atoms with E-state index in [1.807, 2.05) is 0 Å². The summed E-state index contributed by atoms with van der Waals surface area (Å²) >= 11 is -2.24. The van der Waals surface area contributed by atoms with Crippen molar-refractivity contribution in [1.82, 2.24) is 9.97 Å². The van der Waals surface area contributed by atoms with E-state index in [1.54, 1.807) is 19.0 Å². The van der Waals surface area contributed by atoms with Crippen molar-refractivity contribution in [2.45, 2.75) is 4.90 Å². The Bertz CT molecular complexity index is 285. The van der Waals surface area contributed by atoms with E-state index in [0.717, 1.165) is 0 Å². The van der Waals surface area contributed by atoms with Crippen molar-refractivity contribution >= 4 is 17.0 Å². The van der Waals surface area contributed by atoms with E-state index < -0.39 is 11.1 Å². The molecule has 0 radical (unpaired) electrons. The minimum atomic E-state index is -2.24. The number of rotatable bonds is 2. The van der Waals surface area contributed by atoms with Crippen LogP contribution in [0.1, 0.15) is 0 Å². The first kappa shape index (κ1) is 9.08. The van der Waals surface area contributed by atoms with Gasteiger partial charge in [-0.05, 0) is 11.1 Å². The molecule has 0 spiro atoms. The van der Waals surface area contributed by atoms with E-state index in [0.29, 0.717) is 5.95 Å². The zero-order chi connectivity index (χ0) is 9.14. The average molecular weight is 186 g/mol. The summed E-state index contributed by atoms with van der Waals surface area (Å²) in [6, 6.07) is 0. The van der Waals surface area contributed by atoms with Crippen LogP contribution < -0.4 is 4.90 Å². The Morgan fingerprint density at radius 1 is 1.42 bits per heavy atom. The van der Waals surface area contributed by atoms with Crippen LogP contribution >= 0.6 is 0 Å². The fourth-order valence-corrected chi connectivity index (χ4v) is 0.904. The van der Waals surface area contributed by atoms with Gasteiger partial charge >= 0.3 is 0 Å². The van der Waals surface area contributed by atoms with Gasteiger partial charge in [0.2, 0.25) is 5.95 Å². The van der Waals surface area contributed by atoms with Crippen LogP contribution in [0.5, 0.6) is 0 Å². The molecule has 0 saturated carbocycles. The molecule has 12 heavy (non-hydrogen) atoms. The van der Waals surface area contributed by atoms with Gasteiger partial charge in [0.1, 0.15) is 0 Å². The molecule has 0 N–H and O–H groups in total. The maximum atomic E-state index is 10.4. The summed E-state index contributed by atoms with van der Waals surface area (Å²) in [6.45, 7) is 0. The zero-order valence-corrected chi connectivity index (χ0v) is 7.54. The lowest BCUT2D eigenvalue weighted by Gasteiger charge is -2.10. The SMILES string of the molecule is CN(C)c1ncc(S(=O)[O-])cn1. The number of hydrogen-bond donors (Lipinski definition) is 0. The summed E-state index contributed by atoms with van der Waals surface area (Å²) in [6.07, 6.45) is 2.54. The van der Waals surface area contributed by atoms with Crippen molar-refractivity contribution < 1.29 is 8.76 Å². The predicted octanol–water partition coefficient (Wildman–Crippen LogP) is -0.219. The molecule has 0 amide bonds. The lowest BCUT2D eigenvalue weighted by atomic mass is 10.6. The van der Waals surface area contributed by atoms with Gasteiger partial charge in [-0.2, -0.15) is 0 Å². The molecule has 1 aromatic rings. The van der Waals surface area contributed by atoms with E-state index in [4.69, 9.17) is 0 Å². The minimum absolute atomic E-state index is 0.0978. The first-order valence-corrected chi connectivity index (χ1v) is 4.27. The molecular weight excluding hydrogens is 178 g/mol. The molecule has 0 aromatic carbocycles. The lowest BCUT2D eigenvalue weighted by Crippen LogP contribution is -2.12. The molecule has 0 aliphatic rings. The average Bonchev–Trinajstić information content (AvgIpc) is 2.04. The zero-order valence-electron chi connectivity index (χ0n) is 6.72. The Hall–Kier alpha value is -1.01. The quantitative estimate of drug-likeness (QED) is 0.597. The van der Waals surface area contributed by atoms with Crippen molar-refractivity contribution in [3.8, 4) is 0 Å². The highest BCUT2D eigenvalue weighted by molar-refractivity contribution is 7.79. The molecule has 0 saturated heterocycles. The van der Waals surface area contributed by atoms with Crippen molar-refractivity contribution in [2.75, 3.05) is 19.0 Å². The summed E-state index contributed by atoms with van der Waals surface area (Å²) in [5.74, 6) is 0.490. The van der Waals surface area contributed by atoms with Gasteiger partial charge in [0.25, 0.3) is 0 Å². The number of anilines is 1. The lowest BCUT2D eigenvalue weighted by molar-refractivity contribution is 0.536. The molecule has 6 heteroatoms. The number of aromatic nitrogens is 2. The molecular formula is C6H8N3O2S-. The van der Waals surface area contributed by atoms with Crippen molar-refractivity contribution in [1.29, 1.82) is 0 Å². The van der Waals surface area contributed by atoms with Gasteiger partial charge in [0, 0.05) is 26.5 Å². The van der Waals surface area contributed by atoms with E-state index >= 15 is 0 Å². The fraction of sp³-hybridized carbons (Fsp3) is 0.333. The van der Waals surface area contributed by atoms with Crippen LogP contribution in [0.4, 0.5) is 5.95 Å². The maximum Gasteiger partial charge on any atom is 0.224 e. The third kappa shape index (κ3) is 1.99. The van der Waals surface area contributed by atoms with Gasteiger partial charge in [-0.3, -0.25) is 4.21 Å². The molecule has 0 bridgehead atoms. The van der Waals surface area contributed by atoms with Gasteiger partial charge in [-0.15, -0.1) is 0 Å². The first-order valence-electron chi connectivity index (χ1n) is 3.20. The highest BCUT2D eigenvalue weighted by Gasteiger charge is 1.98. The van der Waals surface area contributed by atoms with Gasteiger partial charge in [-0.1, -0.05) is 0 Å². The standard InChI is InChI=1S/C6H9N3O2S/c1-9(2)6-7-3-5(4-8-6)12(10)11/h3-4H,1-2H3,(H,10,11)/p-1. The van der Waals surface area contributed by atoms with Crippen LogP contribution in [-0.4, -0.2) is 32.8 Å². The van der Waals surface area contributed by atoms with Crippen molar-refractivity contribution in [3.05, 3.63) is 12.4 Å². The summed E-state index contributed by atoms with van der Waals surface area (Å²) in [5.41, 5.74) is 0. The van der Waals surface area contributed by atoms with Gasteiger partial charge in [0.05, 0.1) is 4.90 Å². The van der Waals surface area contributed by atoms with Gasteiger partial charge in [0.15, 0.2) is 0 Å². The third-order valence-corrected chi connectivity index (χ3v) is 1.80. The van der Waals surface area contributed by atoms with E-state index in [9.17, 15) is 8.76 Å². The minimum Gasteiger partial charge on any atom is -0.768 e. The van der Waals surface area contributed by atoms with Crippen LogP contribution in [-0.2, 0) is 11.1 Å². The second-order valence-electron chi connectivity index (χ2n) is 2.35. The summed E-state index contributed by atoms with van der Waals surface area (Å²) in [5, 5.41) is 0. The summed E-state index contributed by atoms with van der Waals surface area (Å²) in [7, 11) is 3.56. The molecule has 0 aliphatic heterocycles. The molecule has 1 unspecified atom stereocenters. The molecule has 1 atom stereocenters. The fourth-order valence-electron chi connectivity index (χ4n) is 0.626. The Kier molecular flexibility index (Phi) is 2.72. The largest absolute Gasteiger partial charge is 0.768 e. The number of nitrogens with zero attached hydrogens (tertiary/aromatic N) is 3. The highest BCUT2D eigenvalue weighted by atomic mass is 32.2. The molecule has 5 nitrogen and oxygen atoms in total. The Morgan fingerprint density at radius 3 is 2.25 bits per heavy atom. The van der Waals surface area contributed by atoms with E-state index in [-0.39, 0.29) is 4.90 Å². The molecule has 1 aromatic heterocycles. The Balaban J connectivity index is 2.93. The Labute approximate surface area is 72.7 Å². The summed E-state index contributed by atoms with van der Waals surface area (Å²) in [4.78, 5) is 9.43. The van der Waals surface area contributed by atoms with E-state index in [1.165, 1.54) is 12.4 Å². The Morgan fingerprint density at radius 2 is 1.92 bits per heavy atom. The number of hydrogen-bond acceptors (Lipinski definition) is 5. The van der Waals surface area contributed by atoms with Crippen molar-refractivity contribution in [2.24, 2.45) is 0 Å². The molecule has 1 rings (SSSR count). The summed E-state index contributed by atoms with van der Waals surface area (Å²) < 4.78 is 20.8. The van der Waals surface area contributed by atoms with Crippen LogP contribution in [0.25, 0.3) is 0 Å². The third-order valence-electron chi connectivity index (χ3n) is 1.21. The van der Waals surface area contributed by atoms with Gasteiger partial charge in [-0.25, -0.2) is 9.97 Å². The van der Waals surface area contributed by atoms with Crippen molar-refractivity contribution in [3.63, 3.8) is 0 Å². The predicted molar refractivity (Wildman–Crippen MR) is 43.5 cm³/mol. The second kappa shape index (κ2) is 3.59. The molecule has 0 aliphatic carbocycles. The van der Waals surface area contributed by atoms with Crippen LogP contribution in [0.3, 0.4) is 0 Å². The van der Waals surface area contributed by atoms with Crippen LogP contribution in [0.2, 0.25) is 0 Å². The maximum absolute atomic E-state index is 10.4. The highest BCUT2D eigenvalue weighted by Crippen LogP contribution is 2.04. The molecule has 66 valence electrons. The topological polar surface area (TPSA) is 69.2 Å². The molecule has 1 heterocycles. The molecule has 0 fully saturated rings. The first-order chi connectivity index (χ1) is 5.61. The second-order valence-corrected chi connectivity index (χ2v) is 3.29. The normalized spacial score (nSPS) is 12.6. The van der Waals surface area contributed by atoms with Gasteiger partial charge < -0.3 is 9.45 Å².